The molecule has 0 unspecified atom stereocenters. The first-order chi connectivity index (χ1) is 14.4. The third-order valence-electron chi connectivity index (χ3n) is 5.47. The van der Waals surface area contributed by atoms with Crippen molar-refractivity contribution in [1.82, 2.24) is 10.4 Å². The van der Waals surface area contributed by atoms with E-state index in [1.165, 1.54) is 5.06 Å². The van der Waals surface area contributed by atoms with Gasteiger partial charge in [0.2, 0.25) is 5.91 Å². The number of ether oxygens (including phenoxy) is 1. The number of hydroxylamine groups is 2. The number of Topliss-reactive ketones (excluding diaryl/α,β-unsaturated/α-hetero) is 1. The Morgan fingerprint density at radius 2 is 1.90 bits per heavy atom. The second kappa shape index (κ2) is 10.2. The molecule has 1 heterocycles. The molecule has 0 spiro atoms. The number of ketones is 1. The molecule has 9 heteroatoms. The van der Waals surface area contributed by atoms with E-state index in [4.69, 9.17) is 14.7 Å². The lowest BCUT2D eigenvalue weighted by Gasteiger charge is -2.30. The van der Waals surface area contributed by atoms with Gasteiger partial charge in [-0.3, -0.25) is 19.2 Å². The predicted octanol–water partition coefficient (Wildman–Crippen LogP) is 2.05. The fourth-order valence-electron chi connectivity index (χ4n) is 3.96. The molecule has 9 nitrogen and oxygen atoms in total. The number of carbonyl (C=O) groups is 4. The molecule has 1 saturated carbocycles. The second-order valence-electron chi connectivity index (χ2n) is 7.63. The van der Waals surface area contributed by atoms with Gasteiger partial charge >= 0.3 is 12.1 Å². The standard InChI is InChI=1S/C21H26N2O7/c24-18(13-30-23-17-9-5-4-8-15(17)10-19(23)25)16(11-20(26)27)22-21(28)29-12-14-6-2-1-3-7-14/h1-3,6-7,15-17H,4-5,8-13H2,(H,22,28)(H,26,27)/t15-,16-,17+/m0/s1. The normalized spacial score (nSPS) is 21.6. The van der Waals surface area contributed by atoms with Gasteiger partial charge in [-0.25, -0.2) is 9.86 Å². The fraction of sp³-hybridized carbons (Fsp3) is 0.524. The summed E-state index contributed by atoms with van der Waals surface area (Å²) in [4.78, 5) is 53.3. The lowest BCUT2D eigenvalue weighted by atomic mass is 9.85. The summed E-state index contributed by atoms with van der Waals surface area (Å²) in [5, 5.41) is 12.6. The van der Waals surface area contributed by atoms with E-state index in [0.717, 1.165) is 31.2 Å². The molecule has 2 amide bonds. The Balaban J connectivity index is 1.52. The number of aliphatic carboxylic acids is 1. The number of carboxylic acid groups (broad SMARTS) is 1. The van der Waals surface area contributed by atoms with Crippen LogP contribution < -0.4 is 5.32 Å². The molecule has 3 atom stereocenters. The zero-order valence-electron chi connectivity index (χ0n) is 16.6. The van der Waals surface area contributed by atoms with Gasteiger partial charge in [0, 0.05) is 6.42 Å². The van der Waals surface area contributed by atoms with Gasteiger partial charge in [0.15, 0.2) is 5.78 Å². The highest BCUT2D eigenvalue weighted by Gasteiger charge is 2.42. The Morgan fingerprint density at radius 3 is 2.63 bits per heavy atom. The SMILES string of the molecule is O=C(O)C[C@H](NC(=O)OCc1ccccc1)C(=O)CON1C(=O)C[C@@H]2CCCC[C@H]21. The van der Waals surface area contributed by atoms with Gasteiger partial charge in [0.05, 0.1) is 12.5 Å². The third-order valence-corrected chi connectivity index (χ3v) is 5.47. The summed E-state index contributed by atoms with van der Waals surface area (Å²) >= 11 is 0. The number of benzene rings is 1. The van der Waals surface area contributed by atoms with E-state index in [1.807, 2.05) is 6.07 Å². The van der Waals surface area contributed by atoms with Crippen LogP contribution in [0.25, 0.3) is 0 Å². The largest absolute Gasteiger partial charge is 0.481 e. The number of amides is 2. The number of rotatable bonds is 9. The molecule has 2 aliphatic rings. The molecule has 1 saturated heterocycles. The summed E-state index contributed by atoms with van der Waals surface area (Å²) in [6, 6.07) is 7.60. The van der Waals surface area contributed by atoms with Gasteiger partial charge in [-0.05, 0) is 24.3 Å². The topological polar surface area (TPSA) is 122 Å². The monoisotopic (exact) mass is 418 g/mol. The van der Waals surface area contributed by atoms with E-state index < -0.39 is 36.9 Å². The highest BCUT2D eigenvalue weighted by molar-refractivity contribution is 5.91. The van der Waals surface area contributed by atoms with Crippen LogP contribution in [0.15, 0.2) is 30.3 Å². The van der Waals surface area contributed by atoms with E-state index in [1.54, 1.807) is 24.3 Å². The van der Waals surface area contributed by atoms with Crippen molar-refractivity contribution in [2.45, 2.75) is 57.2 Å². The van der Waals surface area contributed by atoms with E-state index in [-0.39, 0.29) is 24.5 Å². The van der Waals surface area contributed by atoms with Gasteiger partial charge in [-0.2, -0.15) is 0 Å². The molecule has 30 heavy (non-hydrogen) atoms. The molecule has 162 valence electrons. The van der Waals surface area contributed by atoms with Crippen molar-refractivity contribution < 1.29 is 33.9 Å². The quantitative estimate of drug-likeness (QED) is 0.629. The summed E-state index contributed by atoms with van der Waals surface area (Å²) in [7, 11) is 0. The summed E-state index contributed by atoms with van der Waals surface area (Å²) < 4.78 is 5.06. The number of carboxylic acids is 1. The summed E-state index contributed by atoms with van der Waals surface area (Å²) in [5.41, 5.74) is 0.756. The molecule has 3 rings (SSSR count). The van der Waals surface area contributed by atoms with Crippen LogP contribution in [0.5, 0.6) is 0 Å². The number of carbonyl (C=O) groups excluding carboxylic acids is 3. The fourth-order valence-corrected chi connectivity index (χ4v) is 3.96. The molecule has 0 aromatic heterocycles. The van der Waals surface area contributed by atoms with Crippen LogP contribution in [0.2, 0.25) is 0 Å². The van der Waals surface area contributed by atoms with Crippen LogP contribution in [0.4, 0.5) is 4.79 Å². The Labute approximate surface area is 174 Å². The van der Waals surface area contributed by atoms with Crippen molar-refractivity contribution in [3.05, 3.63) is 35.9 Å². The number of fused-ring (bicyclic) bond motifs is 1. The average molecular weight is 418 g/mol. The molecule has 2 fully saturated rings. The highest BCUT2D eigenvalue weighted by atomic mass is 16.7. The van der Waals surface area contributed by atoms with Crippen molar-refractivity contribution in [3.8, 4) is 0 Å². The smallest absolute Gasteiger partial charge is 0.408 e. The minimum atomic E-state index is -1.31. The molecule has 0 radical (unpaired) electrons. The van der Waals surface area contributed by atoms with Crippen molar-refractivity contribution in [3.63, 3.8) is 0 Å². The van der Waals surface area contributed by atoms with Gasteiger partial charge in [-0.15, -0.1) is 0 Å². The third kappa shape index (κ3) is 5.79. The Bertz CT molecular complexity index is 783. The van der Waals surface area contributed by atoms with Crippen molar-refractivity contribution in [2.75, 3.05) is 6.61 Å². The molecule has 2 N–H and O–H groups in total. The Kier molecular flexibility index (Phi) is 7.40. The van der Waals surface area contributed by atoms with Crippen LogP contribution >= 0.6 is 0 Å². The predicted molar refractivity (Wildman–Crippen MR) is 104 cm³/mol. The van der Waals surface area contributed by atoms with Crippen LogP contribution in [0.3, 0.4) is 0 Å². The minimum Gasteiger partial charge on any atom is -0.481 e. The van der Waals surface area contributed by atoms with Crippen LogP contribution in [0.1, 0.15) is 44.1 Å². The zero-order valence-corrected chi connectivity index (χ0v) is 16.6. The number of nitrogens with zero attached hydrogens (tertiary/aromatic N) is 1. The van der Waals surface area contributed by atoms with E-state index >= 15 is 0 Å². The molecular weight excluding hydrogens is 392 g/mol. The lowest BCUT2D eigenvalue weighted by molar-refractivity contribution is -0.194. The molecule has 0 bridgehead atoms. The van der Waals surface area contributed by atoms with Crippen LogP contribution in [-0.4, -0.2) is 52.6 Å². The molecule has 1 aromatic carbocycles. The maximum absolute atomic E-state index is 12.5. The van der Waals surface area contributed by atoms with Gasteiger partial charge < -0.3 is 15.2 Å². The van der Waals surface area contributed by atoms with E-state index in [2.05, 4.69) is 5.32 Å². The number of hydrogen-bond donors (Lipinski definition) is 2. The maximum atomic E-state index is 12.5. The lowest BCUT2D eigenvalue weighted by Crippen LogP contribution is -2.46. The highest BCUT2D eigenvalue weighted by Crippen LogP contribution is 2.36. The van der Waals surface area contributed by atoms with Crippen LogP contribution in [0, 0.1) is 5.92 Å². The first-order valence-electron chi connectivity index (χ1n) is 10.1. The first kappa shape index (κ1) is 21.8. The van der Waals surface area contributed by atoms with Crippen LogP contribution in [-0.2, 0) is 30.6 Å². The second-order valence-corrected chi connectivity index (χ2v) is 7.63. The number of hydrogen-bond acceptors (Lipinski definition) is 6. The number of alkyl carbamates (subject to hydrolysis) is 1. The summed E-state index contributed by atoms with van der Waals surface area (Å²) in [6.45, 7) is -0.506. The number of nitrogens with one attached hydrogen (secondary N) is 1. The molecular formula is C21H26N2O7. The summed E-state index contributed by atoms with van der Waals surface area (Å²) in [6.07, 6.45) is 2.76. The Morgan fingerprint density at radius 1 is 1.17 bits per heavy atom. The van der Waals surface area contributed by atoms with Crippen molar-refractivity contribution in [1.29, 1.82) is 0 Å². The first-order valence-corrected chi connectivity index (χ1v) is 10.1. The Hall–Kier alpha value is -2.94. The van der Waals surface area contributed by atoms with E-state index in [0.29, 0.717) is 6.42 Å². The molecule has 1 aromatic rings. The van der Waals surface area contributed by atoms with Gasteiger partial charge in [-0.1, -0.05) is 43.2 Å². The molecule has 1 aliphatic heterocycles. The average Bonchev–Trinajstić information content (AvgIpc) is 3.05. The van der Waals surface area contributed by atoms with Gasteiger partial charge in [0.25, 0.3) is 0 Å². The van der Waals surface area contributed by atoms with Crippen molar-refractivity contribution in [2.24, 2.45) is 5.92 Å². The zero-order chi connectivity index (χ0) is 21.5. The van der Waals surface area contributed by atoms with Gasteiger partial charge in [0.1, 0.15) is 19.3 Å². The maximum Gasteiger partial charge on any atom is 0.408 e. The van der Waals surface area contributed by atoms with Crippen molar-refractivity contribution >= 4 is 23.8 Å². The summed E-state index contributed by atoms with van der Waals surface area (Å²) in [5.74, 6) is -1.81. The molecule has 1 aliphatic carbocycles. The minimum absolute atomic E-state index is 0.0114. The van der Waals surface area contributed by atoms with E-state index in [9.17, 15) is 19.2 Å².